The molecule has 1 N–H and O–H groups in total. The van der Waals surface area contributed by atoms with Crippen LogP contribution in [0.2, 0.25) is 0 Å². The second kappa shape index (κ2) is 7.60. The van der Waals surface area contributed by atoms with Crippen molar-refractivity contribution in [2.75, 3.05) is 13.2 Å². The van der Waals surface area contributed by atoms with E-state index >= 15 is 0 Å². The van der Waals surface area contributed by atoms with Gasteiger partial charge in [-0.3, -0.25) is 0 Å². The van der Waals surface area contributed by atoms with Gasteiger partial charge in [-0.2, -0.15) is 4.57 Å². The number of rotatable bonds is 5. The molecule has 0 aliphatic rings. The summed E-state index contributed by atoms with van der Waals surface area (Å²) in [6.45, 7) is 7.62. The molecule has 1 unspecified atom stereocenters. The van der Waals surface area contributed by atoms with Crippen molar-refractivity contribution >= 4 is 0 Å². The number of hydrogen-bond donors (Lipinski definition) is 1. The zero-order chi connectivity index (χ0) is 11.3. The summed E-state index contributed by atoms with van der Waals surface area (Å²) in [4.78, 5) is 0. The lowest BCUT2D eigenvalue weighted by atomic mass is 10.1. The van der Waals surface area contributed by atoms with Crippen molar-refractivity contribution in [3.8, 4) is 0 Å². The number of aromatic nitrogens is 1. The van der Waals surface area contributed by atoms with E-state index in [9.17, 15) is 0 Å². The van der Waals surface area contributed by atoms with Crippen LogP contribution in [-0.4, -0.2) is 18.3 Å². The van der Waals surface area contributed by atoms with Crippen molar-refractivity contribution in [2.45, 2.75) is 33.4 Å². The summed E-state index contributed by atoms with van der Waals surface area (Å²) in [5.41, 5.74) is 2.35. The van der Waals surface area contributed by atoms with E-state index in [0.29, 0.717) is 6.54 Å². The van der Waals surface area contributed by atoms with Gasteiger partial charge in [-0.05, 0) is 19.9 Å². The van der Waals surface area contributed by atoms with Crippen LogP contribution in [0.25, 0.3) is 0 Å². The van der Waals surface area contributed by atoms with Crippen LogP contribution in [0.3, 0.4) is 0 Å². The number of pyridine rings is 1. The highest BCUT2D eigenvalue weighted by molar-refractivity contribution is 5.16. The van der Waals surface area contributed by atoms with E-state index in [0.717, 1.165) is 12.3 Å². The highest BCUT2D eigenvalue weighted by atomic mass is 35.5. The number of halogens is 1. The molecule has 16 heavy (non-hydrogen) atoms. The lowest BCUT2D eigenvalue weighted by Gasteiger charge is -2.13. The molecule has 0 aliphatic heterocycles. The third kappa shape index (κ3) is 3.74. The maximum atomic E-state index is 8.92. The second-order valence-electron chi connectivity index (χ2n) is 3.56. The van der Waals surface area contributed by atoms with E-state index in [1.54, 1.807) is 0 Å². The van der Waals surface area contributed by atoms with Gasteiger partial charge in [0.1, 0.15) is 6.61 Å². The maximum Gasteiger partial charge on any atom is 0.184 e. The molecule has 92 valence electrons. The molecule has 4 heteroatoms. The molecule has 0 aliphatic carbocycles. The first-order valence-corrected chi connectivity index (χ1v) is 5.42. The highest BCUT2D eigenvalue weighted by Gasteiger charge is 2.15. The van der Waals surface area contributed by atoms with Gasteiger partial charge in [-0.15, -0.1) is 0 Å². The summed E-state index contributed by atoms with van der Waals surface area (Å²) in [6.07, 6.45) is 2.09. The predicted molar refractivity (Wildman–Crippen MR) is 58.5 cm³/mol. The van der Waals surface area contributed by atoms with E-state index in [4.69, 9.17) is 9.84 Å². The Morgan fingerprint density at radius 1 is 1.50 bits per heavy atom. The molecule has 1 rings (SSSR count). The van der Waals surface area contributed by atoms with Crippen LogP contribution >= 0.6 is 0 Å². The standard InChI is InChI=1S/C12H20NO2.ClH/c1-4-15-11(3)12-6-5-7-13(8-9-14)10(12)2;/h5-7,11,14H,4,8-9H2,1-3H3;1H/q+1;/p-1. The minimum atomic E-state index is 0. The van der Waals surface area contributed by atoms with E-state index in [-0.39, 0.29) is 25.1 Å². The van der Waals surface area contributed by atoms with Crippen molar-refractivity contribution in [2.24, 2.45) is 0 Å². The largest absolute Gasteiger partial charge is 1.00 e. The number of aliphatic hydroxyl groups is 1. The Labute approximate surface area is 103 Å². The fraction of sp³-hybridized carbons (Fsp3) is 0.583. The van der Waals surface area contributed by atoms with E-state index in [1.807, 2.05) is 23.8 Å². The number of ether oxygens (including phenoxy) is 1. The lowest BCUT2D eigenvalue weighted by molar-refractivity contribution is -0.704. The van der Waals surface area contributed by atoms with Crippen molar-refractivity contribution in [1.82, 2.24) is 0 Å². The molecule has 0 amide bonds. The number of hydrogen-bond acceptors (Lipinski definition) is 2. The molecule has 1 aromatic rings. The quantitative estimate of drug-likeness (QED) is 0.633. The minimum Gasteiger partial charge on any atom is -1.00 e. The minimum absolute atomic E-state index is 0. The monoisotopic (exact) mass is 245 g/mol. The molecule has 0 spiro atoms. The number of aliphatic hydroxyl groups excluding tert-OH is 1. The van der Waals surface area contributed by atoms with E-state index in [2.05, 4.69) is 19.9 Å². The van der Waals surface area contributed by atoms with Crippen LogP contribution in [0.1, 0.15) is 31.2 Å². The Hall–Kier alpha value is -0.640. The topological polar surface area (TPSA) is 33.3 Å². The third-order valence-electron chi connectivity index (χ3n) is 2.59. The molecule has 0 radical (unpaired) electrons. The van der Waals surface area contributed by atoms with Gasteiger partial charge in [0.05, 0.1) is 6.10 Å². The average Bonchev–Trinajstić information content (AvgIpc) is 2.22. The Bertz CT molecular complexity index is 318. The first kappa shape index (κ1) is 15.4. The van der Waals surface area contributed by atoms with E-state index in [1.165, 1.54) is 5.56 Å². The summed E-state index contributed by atoms with van der Waals surface area (Å²) in [5.74, 6) is 0. The van der Waals surface area contributed by atoms with Gasteiger partial charge in [-0.25, -0.2) is 0 Å². The van der Waals surface area contributed by atoms with Crippen LogP contribution in [0, 0.1) is 6.92 Å². The van der Waals surface area contributed by atoms with Gasteiger partial charge in [0.15, 0.2) is 18.4 Å². The second-order valence-corrected chi connectivity index (χ2v) is 3.56. The summed E-state index contributed by atoms with van der Waals surface area (Å²) >= 11 is 0. The summed E-state index contributed by atoms with van der Waals surface area (Å²) in [6, 6.07) is 4.07. The molecule has 0 aromatic carbocycles. The normalized spacial score (nSPS) is 12.0. The molecule has 1 atom stereocenters. The predicted octanol–water partition coefficient (Wildman–Crippen LogP) is -1.62. The Morgan fingerprint density at radius 2 is 2.19 bits per heavy atom. The fourth-order valence-corrected chi connectivity index (χ4v) is 1.77. The molecular formula is C12H20ClNO2. The highest BCUT2D eigenvalue weighted by Crippen LogP contribution is 2.17. The number of nitrogens with zero attached hydrogens (tertiary/aromatic N) is 1. The van der Waals surface area contributed by atoms with Gasteiger partial charge in [0.2, 0.25) is 0 Å². The fourth-order valence-electron chi connectivity index (χ4n) is 1.77. The molecule has 3 nitrogen and oxygen atoms in total. The summed E-state index contributed by atoms with van der Waals surface area (Å²) in [7, 11) is 0. The van der Waals surface area contributed by atoms with Gasteiger partial charge >= 0.3 is 0 Å². The van der Waals surface area contributed by atoms with Crippen LogP contribution in [0.5, 0.6) is 0 Å². The van der Waals surface area contributed by atoms with Gasteiger partial charge in [0.25, 0.3) is 0 Å². The zero-order valence-corrected chi connectivity index (χ0v) is 10.9. The third-order valence-corrected chi connectivity index (χ3v) is 2.59. The molecule has 1 heterocycles. The van der Waals surface area contributed by atoms with Crippen molar-refractivity contribution in [3.63, 3.8) is 0 Å². The van der Waals surface area contributed by atoms with Crippen molar-refractivity contribution in [1.29, 1.82) is 0 Å². The van der Waals surface area contributed by atoms with Crippen LogP contribution in [0.15, 0.2) is 18.3 Å². The molecule has 0 saturated carbocycles. The first-order chi connectivity index (χ1) is 7.20. The van der Waals surface area contributed by atoms with E-state index < -0.39 is 0 Å². The van der Waals surface area contributed by atoms with Gasteiger partial charge < -0.3 is 22.3 Å². The first-order valence-electron chi connectivity index (χ1n) is 5.42. The Morgan fingerprint density at radius 3 is 2.75 bits per heavy atom. The lowest BCUT2D eigenvalue weighted by Crippen LogP contribution is -3.00. The maximum absolute atomic E-state index is 8.92. The summed E-state index contributed by atoms with van der Waals surface area (Å²) < 4.78 is 7.61. The Balaban J connectivity index is 0.00000225. The molecule has 0 saturated heterocycles. The van der Waals surface area contributed by atoms with Crippen LogP contribution in [0.4, 0.5) is 0 Å². The molecular weight excluding hydrogens is 226 g/mol. The molecule has 1 aromatic heterocycles. The van der Waals surface area contributed by atoms with Crippen LogP contribution in [-0.2, 0) is 11.3 Å². The zero-order valence-electron chi connectivity index (χ0n) is 10.1. The van der Waals surface area contributed by atoms with Crippen molar-refractivity contribution in [3.05, 3.63) is 29.6 Å². The summed E-state index contributed by atoms with van der Waals surface area (Å²) in [5, 5.41) is 8.92. The molecule has 0 bridgehead atoms. The smallest absolute Gasteiger partial charge is 0.184 e. The van der Waals surface area contributed by atoms with Gasteiger partial charge in [-0.1, -0.05) is 0 Å². The van der Waals surface area contributed by atoms with Crippen molar-refractivity contribution < 1.29 is 26.8 Å². The van der Waals surface area contributed by atoms with Gasteiger partial charge in [0, 0.05) is 25.2 Å². The average molecular weight is 246 g/mol. The van der Waals surface area contributed by atoms with Crippen LogP contribution < -0.4 is 17.0 Å². The SMILES string of the molecule is CCOC(C)c1ccc[n+](CCO)c1C.[Cl-]. The molecule has 0 fully saturated rings. The Kier molecular flexibility index (Phi) is 7.30.